The molecule has 4 aliphatic carbocycles. The molecule has 33 rings (SSSR count). The standard InChI is InChI=1S/C67H12N2/c68-4-2-1-3-5-69-6-66-62-54-46-36-26-18-10-8-9-12-16-14(10)22-30-24(16)34-28-20(12)21-13(9)17-15-11(8)19(18)27-33-23(15)31-25(17)35-29(21)39-38(28)48-42(34)52-44(30)50(40(46)32(22)26)58(62)60(52)64-56(48)57-49(39)43(35)53-45(31)51-41(33)47(37(27)36)55(54)63(66)59(51)61(53)65(57)67(64,66)7-69/h1-3,5-7H2. The van der Waals surface area contributed by atoms with Crippen molar-refractivity contribution in [3.05, 3.63) is 22.3 Å². The van der Waals surface area contributed by atoms with Crippen molar-refractivity contribution in [1.82, 2.24) is 4.90 Å². The predicted molar refractivity (Wildman–Crippen MR) is 290 cm³/mol. The summed E-state index contributed by atoms with van der Waals surface area (Å²) in [6.45, 7) is 3.26. The first-order chi connectivity index (χ1) is 34.4. The molecule has 69 heavy (non-hydrogen) atoms. The summed E-state index contributed by atoms with van der Waals surface area (Å²) in [5, 5.41) is 100. The van der Waals surface area contributed by atoms with Crippen LogP contribution in [0.1, 0.15) is 41.5 Å². The van der Waals surface area contributed by atoms with Crippen molar-refractivity contribution >= 4 is 291 Å². The minimum absolute atomic E-state index is 0.173. The van der Waals surface area contributed by atoms with Crippen LogP contribution in [0.15, 0.2) is 0 Å². The molecule has 28 aromatic rings. The van der Waals surface area contributed by atoms with E-state index in [1.165, 1.54) is 0 Å². The third-order valence-electron chi connectivity index (χ3n) is 25.6. The van der Waals surface area contributed by atoms with E-state index in [0.717, 1.165) is 32.5 Å². The van der Waals surface area contributed by atoms with Crippen molar-refractivity contribution in [2.24, 2.45) is 0 Å². The minimum atomic E-state index is -0.173. The molecule has 1 heterocycles. The van der Waals surface area contributed by atoms with Gasteiger partial charge in [0.1, 0.15) is 0 Å². The molecular weight excluding hydrogens is 833 g/mol. The second-order valence-electron chi connectivity index (χ2n) is 25.9. The van der Waals surface area contributed by atoms with Gasteiger partial charge in [0.25, 0.3) is 0 Å². The molecule has 2 nitrogen and oxygen atoms in total. The van der Waals surface area contributed by atoms with Gasteiger partial charge in [-0.25, -0.2) is 0 Å². The van der Waals surface area contributed by atoms with Gasteiger partial charge in [0.05, 0.1) is 16.9 Å². The second kappa shape index (κ2) is 5.89. The SMILES string of the molecule is N#CCCCCN1CC23c4c5c6c7c8c9c(c%10c%11c2c2c4c4c%12c5c5c6c6c8c8c%13c9c9c%10c%10c%11c%11c2c2c4c4c%12c%12c5c5c6c8c6c8c%13c9c9c%10c%10c%11c2c2c4c4c%12c5c6c5c8c9c%10c2c45)C73C1. The molecule has 1 saturated heterocycles. The van der Waals surface area contributed by atoms with Crippen LogP contribution in [0.3, 0.4) is 0 Å². The van der Waals surface area contributed by atoms with E-state index in [4.69, 9.17) is 0 Å². The average molecular weight is 845 g/mol. The molecule has 2 spiro atoms. The van der Waals surface area contributed by atoms with Gasteiger partial charge >= 0.3 is 0 Å². The monoisotopic (exact) mass is 844 g/mol. The molecule has 5 aliphatic rings. The highest BCUT2D eigenvalue weighted by Gasteiger charge is 2.72. The molecule has 0 unspecified atom stereocenters. The molecule has 0 atom stereocenters. The summed E-state index contributed by atoms with van der Waals surface area (Å²) in [6.07, 6.45) is 2.74. The lowest BCUT2D eigenvalue weighted by Crippen LogP contribution is -2.51. The van der Waals surface area contributed by atoms with E-state index in [1.54, 1.807) is 313 Å². The van der Waals surface area contributed by atoms with E-state index in [-0.39, 0.29) is 10.8 Å². The van der Waals surface area contributed by atoms with E-state index in [9.17, 15) is 5.26 Å². The highest BCUT2D eigenvalue weighted by atomic mass is 15.2. The molecule has 0 amide bonds. The van der Waals surface area contributed by atoms with Gasteiger partial charge in [0.15, 0.2) is 0 Å². The molecule has 0 bridgehead atoms. The number of benzene rings is 18. The maximum absolute atomic E-state index is 9.80. The van der Waals surface area contributed by atoms with Crippen LogP contribution in [0.2, 0.25) is 0 Å². The van der Waals surface area contributed by atoms with Crippen LogP contribution in [0.5, 0.6) is 0 Å². The van der Waals surface area contributed by atoms with Crippen molar-refractivity contribution < 1.29 is 0 Å². The number of nitriles is 1. The summed E-state index contributed by atoms with van der Waals surface area (Å²) in [5.74, 6) is 0. The number of unbranched alkanes of at least 4 members (excludes halogenated alkanes) is 2. The molecule has 2 heteroatoms. The highest BCUT2D eigenvalue weighted by molar-refractivity contribution is 6.82. The zero-order valence-electron chi connectivity index (χ0n) is 35.6. The predicted octanol–water partition coefficient (Wildman–Crippen LogP) is 17.3. The Morgan fingerprint density at radius 3 is 0.565 bits per heavy atom. The Morgan fingerprint density at radius 2 is 0.406 bits per heavy atom. The Kier molecular flexibility index (Phi) is 2.21. The summed E-state index contributed by atoms with van der Waals surface area (Å²) >= 11 is 0. The van der Waals surface area contributed by atoms with Gasteiger partial charge in [-0.15, -0.1) is 0 Å². The van der Waals surface area contributed by atoms with E-state index in [2.05, 4.69) is 11.0 Å². The lowest BCUT2D eigenvalue weighted by atomic mass is 9.50. The van der Waals surface area contributed by atoms with E-state index < -0.39 is 0 Å². The zero-order chi connectivity index (χ0) is 41.0. The Hall–Kier alpha value is -8.09. The van der Waals surface area contributed by atoms with Crippen LogP contribution in [0.25, 0.3) is 291 Å². The molecule has 290 valence electrons. The summed E-state index contributed by atoms with van der Waals surface area (Å²) in [6, 6.07) is 2.52. The van der Waals surface area contributed by atoms with E-state index >= 15 is 0 Å². The second-order valence-corrected chi connectivity index (χ2v) is 25.9. The van der Waals surface area contributed by atoms with Gasteiger partial charge in [0, 0.05) is 19.5 Å². The van der Waals surface area contributed by atoms with Crippen molar-refractivity contribution in [3.63, 3.8) is 0 Å². The Balaban J connectivity index is 1.15. The lowest BCUT2D eigenvalue weighted by Gasteiger charge is -2.49. The molecule has 0 N–H and O–H groups in total. The van der Waals surface area contributed by atoms with E-state index in [0.29, 0.717) is 6.42 Å². The fourth-order valence-electron chi connectivity index (χ4n) is 25.6. The topological polar surface area (TPSA) is 27.0 Å². The van der Waals surface area contributed by atoms with E-state index in [1.807, 2.05) is 0 Å². The number of nitrogens with zero attached hydrogens (tertiary/aromatic N) is 2. The Labute approximate surface area is 377 Å². The number of likely N-dealkylation sites (tertiary alicyclic amines) is 1. The minimum Gasteiger partial charge on any atom is -0.301 e. The molecule has 1 fully saturated rings. The Morgan fingerprint density at radius 1 is 0.246 bits per heavy atom. The molecule has 0 aromatic heterocycles. The molecule has 1 aliphatic heterocycles. The van der Waals surface area contributed by atoms with Crippen molar-refractivity contribution in [3.8, 4) is 6.07 Å². The fraction of sp³-hybridized carbons (Fsp3) is 0.119. The summed E-state index contributed by atoms with van der Waals surface area (Å²) in [5.41, 5.74) is 6.81. The molecular formula is C67H12N2. The fourth-order valence-corrected chi connectivity index (χ4v) is 25.6. The van der Waals surface area contributed by atoms with Gasteiger partial charge in [-0.1, -0.05) is 0 Å². The third kappa shape index (κ3) is 1.38. The van der Waals surface area contributed by atoms with Crippen LogP contribution >= 0.6 is 0 Å². The van der Waals surface area contributed by atoms with Crippen molar-refractivity contribution in [2.75, 3.05) is 19.6 Å². The van der Waals surface area contributed by atoms with Crippen LogP contribution < -0.4 is 0 Å². The Bertz CT molecular complexity index is 6580. The largest absolute Gasteiger partial charge is 0.301 e. The number of hydrogen-bond donors (Lipinski definition) is 0. The van der Waals surface area contributed by atoms with Gasteiger partial charge in [-0.05, 0) is 332 Å². The summed E-state index contributed by atoms with van der Waals surface area (Å²) in [4.78, 5) is 3.00. The molecule has 0 radical (unpaired) electrons. The third-order valence-corrected chi connectivity index (χ3v) is 25.6. The van der Waals surface area contributed by atoms with Crippen LogP contribution in [-0.2, 0) is 10.8 Å². The van der Waals surface area contributed by atoms with Crippen LogP contribution in [-0.4, -0.2) is 24.5 Å². The number of rotatable bonds is 4. The average Bonchev–Trinajstić information content (AvgIpc) is 4.29. The summed E-state index contributed by atoms with van der Waals surface area (Å²) in [7, 11) is 0. The highest BCUT2D eigenvalue weighted by Crippen LogP contribution is 2.85. The maximum atomic E-state index is 9.80. The van der Waals surface area contributed by atoms with Crippen LogP contribution in [0, 0.1) is 11.3 Å². The number of hydrogen-bond acceptors (Lipinski definition) is 2. The maximum Gasteiger partial charge on any atom is 0.0621 e. The van der Waals surface area contributed by atoms with Gasteiger partial charge in [-0.2, -0.15) is 5.26 Å². The first kappa shape index (κ1) is 25.9. The van der Waals surface area contributed by atoms with Crippen molar-refractivity contribution in [2.45, 2.75) is 30.1 Å². The molecule has 0 saturated carbocycles. The zero-order valence-corrected chi connectivity index (χ0v) is 35.6. The van der Waals surface area contributed by atoms with Crippen LogP contribution in [0.4, 0.5) is 0 Å². The van der Waals surface area contributed by atoms with Crippen molar-refractivity contribution in [1.29, 1.82) is 5.26 Å². The van der Waals surface area contributed by atoms with Gasteiger partial charge < -0.3 is 4.90 Å². The molecule has 28 aromatic carbocycles. The smallest absolute Gasteiger partial charge is 0.0621 e. The lowest BCUT2D eigenvalue weighted by molar-refractivity contribution is 0.313. The van der Waals surface area contributed by atoms with Gasteiger partial charge in [-0.3, -0.25) is 0 Å². The van der Waals surface area contributed by atoms with Gasteiger partial charge in [0.2, 0.25) is 0 Å². The first-order valence-corrected chi connectivity index (χ1v) is 26.2. The normalized spacial score (nSPS) is 22.9. The summed E-state index contributed by atoms with van der Waals surface area (Å²) < 4.78 is 0. The first-order valence-electron chi connectivity index (χ1n) is 26.2. The quantitative estimate of drug-likeness (QED) is 0.130.